The largest absolute Gasteiger partial charge is 0.416 e. The van der Waals surface area contributed by atoms with Crippen LogP contribution in [-0.4, -0.2) is 28.4 Å². The van der Waals surface area contributed by atoms with Crippen LogP contribution in [0, 0.1) is 5.92 Å². The maximum Gasteiger partial charge on any atom is 0.416 e. The number of hydrogen-bond donors (Lipinski definition) is 2. The Kier molecular flexibility index (Phi) is 4.35. The van der Waals surface area contributed by atoms with Gasteiger partial charge in [-0.25, -0.2) is 4.79 Å². The Balaban J connectivity index is 1.39. The second kappa shape index (κ2) is 6.49. The van der Waals surface area contributed by atoms with Crippen molar-refractivity contribution >= 4 is 17.8 Å². The zero-order valence-corrected chi connectivity index (χ0v) is 15.0. The molecule has 2 atom stereocenters. The summed E-state index contributed by atoms with van der Waals surface area (Å²) in [6.45, 7) is 0. The first kappa shape index (κ1) is 18.8. The molecule has 2 N–H and O–H groups in total. The highest BCUT2D eigenvalue weighted by molar-refractivity contribution is 6.08. The quantitative estimate of drug-likeness (QED) is 0.772. The maximum atomic E-state index is 12.7. The van der Waals surface area contributed by atoms with Crippen LogP contribution in [0.3, 0.4) is 0 Å². The molecule has 2 aliphatic carbocycles. The van der Waals surface area contributed by atoms with E-state index in [9.17, 15) is 27.6 Å². The molecular formula is C19H20F3N3O3. The van der Waals surface area contributed by atoms with E-state index in [1.807, 2.05) is 0 Å². The predicted octanol–water partition coefficient (Wildman–Crippen LogP) is 3.09. The molecule has 1 heterocycles. The van der Waals surface area contributed by atoms with Gasteiger partial charge in [-0.05, 0) is 42.9 Å². The third-order valence-electron chi connectivity index (χ3n) is 5.88. The molecule has 9 heteroatoms. The molecule has 1 saturated heterocycles. The smallest absolute Gasteiger partial charge is 0.322 e. The predicted molar refractivity (Wildman–Crippen MR) is 91.6 cm³/mol. The molecule has 0 radical (unpaired) electrons. The zero-order valence-electron chi connectivity index (χ0n) is 15.0. The summed E-state index contributed by atoms with van der Waals surface area (Å²) in [4.78, 5) is 37.3. The molecular weight excluding hydrogens is 375 g/mol. The van der Waals surface area contributed by atoms with Gasteiger partial charge in [-0.3, -0.25) is 15.0 Å². The number of rotatable bonds is 3. The van der Waals surface area contributed by atoms with E-state index in [0.717, 1.165) is 36.4 Å². The summed E-state index contributed by atoms with van der Waals surface area (Å²) in [5.41, 5.74) is 1.38. The summed E-state index contributed by atoms with van der Waals surface area (Å²) in [7, 11) is 0. The van der Waals surface area contributed by atoms with Crippen LogP contribution >= 0.6 is 0 Å². The van der Waals surface area contributed by atoms with E-state index in [4.69, 9.17) is 0 Å². The molecule has 28 heavy (non-hydrogen) atoms. The van der Waals surface area contributed by atoms with Gasteiger partial charge in [-0.1, -0.05) is 31.4 Å². The molecule has 0 bridgehead atoms. The molecule has 3 aliphatic rings. The van der Waals surface area contributed by atoms with Crippen LogP contribution < -0.4 is 10.7 Å². The first-order valence-corrected chi connectivity index (χ1v) is 9.36. The Morgan fingerprint density at radius 1 is 1.11 bits per heavy atom. The summed E-state index contributed by atoms with van der Waals surface area (Å²) < 4.78 is 38.0. The number of alkyl halides is 3. The fourth-order valence-electron chi connectivity index (χ4n) is 4.18. The lowest BCUT2D eigenvalue weighted by atomic mass is 9.82. The van der Waals surface area contributed by atoms with Crippen LogP contribution in [0.1, 0.15) is 55.6 Å². The average molecular weight is 395 g/mol. The van der Waals surface area contributed by atoms with Crippen molar-refractivity contribution in [3.63, 3.8) is 0 Å². The van der Waals surface area contributed by atoms with Crippen molar-refractivity contribution in [2.45, 2.75) is 56.2 Å². The van der Waals surface area contributed by atoms with Crippen molar-refractivity contribution in [2.24, 2.45) is 5.92 Å². The maximum absolute atomic E-state index is 12.7. The Bertz CT molecular complexity index is 816. The van der Waals surface area contributed by atoms with Gasteiger partial charge in [0.25, 0.3) is 5.91 Å². The average Bonchev–Trinajstić information content (AvgIpc) is 3.42. The van der Waals surface area contributed by atoms with Crippen LogP contribution in [0.4, 0.5) is 18.0 Å². The molecule has 1 aliphatic heterocycles. The third-order valence-corrected chi connectivity index (χ3v) is 5.88. The van der Waals surface area contributed by atoms with Crippen LogP contribution in [0.5, 0.6) is 0 Å². The molecule has 2 saturated carbocycles. The summed E-state index contributed by atoms with van der Waals surface area (Å²) in [5, 5.41) is 3.47. The van der Waals surface area contributed by atoms with Gasteiger partial charge in [0, 0.05) is 5.92 Å². The lowest BCUT2D eigenvalue weighted by Crippen LogP contribution is -2.51. The number of nitrogens with zero attached hydrogens (tertiary/aromatic N) is 1. The molecule has 0 aromatic heterocycles. The van der Waals surface area contributed by atoms with Crippen LogP contribution in [0.15, 0.2) is 24.3 Å². The van der Waals surface area contributed by atoms with Crippen molar-refractivity contribution in [3.8, 4) is 0 Å². The lowest BCUT2D eigenvalue weighted by molar-refractivity contribution is -0.140. The van der Waals surface area contributed by atoms with Gasteiger partial charge in [-0.2, -0.15) is 18.2 Å². The van der Waals surface area contributed by atoms with Gasteiger partial charge in [0.15, 0.2) is 0 Å². The number of urea groups is 1. The summed E-state index contributed by atoms with van der Waals surface area (Å²) in [6.07, 6.45) is -0.139. The van der Waals surface area contributed by atoms with Gasteiger partial charge in [0.2, 0.25) is 5.91 Å². The fourth-order valence-corrected chi connectivity index (χ4v) is 4.18. The number of hydrogen-bond acceptors (Lipinski definition) is 3. The van der Waals surface area contributed by atoms with Crippen LogP contribution in [-0.2, 0) is 15.8 Å². The van der Waals surface area contributed by atoms with E-state index in [1.165, 1.54) is 12.1 Å². The van der Waals surface area contributed by atoms with Crippen LogP contribution in [0.2, 0.25) is 0 Å². The van der Waals surface area contributed by atoms with Crippen molar-refractivity contribution in [1.29, 1.82) is 0 Å². The Morgan fingerprint density at radius 2 is 1.75 bits per heavy atom. The minimum atomic E-state index is -4.41. The van der Waals surface area contributed by atoms with E-state index >= 15 is 0 Å². The second-order valence-corrected chi connectivity index (χ2v) is 7.76. The first-order valence-electron chi connectivity index (χ1n) is 9.36. The highest BCUT2D eigenvalue weighted by Crippen LogP contribution is 2.48. The lowest BCUT2D eigenvalue weighted by Gasteiger charge is -2.30. The minimum absolute atomic E-state index is 0.216. The first-order chi connectivity index (χ1) is 13.2. The molecule has 3 fully saturated rings. The number of benzene rings is 1. The Labute approximate surface area is 159 Å². The Hall–Kier alpha value is -2.58. The molecule has 4 rings (SSSR count). The van der Waals surface area contributed by atoms with Gasteiger partial charge < -0.3 is 5.32 Å². The van der Waals surface area contributed by atoms with Gasteiger partial charge >= 0.3 is 12.2 Å². The van der Waals surface area contributed by atoms with E-state index < -0.39 is 41.0 Å². The van der Waals surface area contributed by atoms with Gasteiger partial charge in [0.05, 0.1) is 5.56 Å². The number of carbonyl (C=O) groups excluding carboxylic acids is 3. The normalized spacial score (nSPS) is 26.3. The molecule has 1 aromatic rings. The van der Waals surface area contributed by atoms with E-state index in [-0.39, 0.29) is 5.92 Å². The molecule has 4 amide bonds. The number of hydrazine groups is 1. The highest BCUT2D eigenvalue weighted by Gasteiger charge is 2.53. The van der Waals surface area contributed by atoms with E-state index in [1.54, 1.807) is 0 Å². The molecule has 150 valence electrons. The van der Waals surface area contributed by atoms with Crippen molar-refractivity contribution in [1.82, 2.24) is 15.8 Å². The van der Waals surface area contributed by atoms with Crippen LogP contribution in [0.25, 0.3) is 0 Å². The number of nitrogens with one attached hydrogen (secondary N) is 2. The highest BCUT2D eigenvalue weighted by atomic mass is 19.4. The third kappa shape index (κ3) is 3.22. The molecule has 1 spiro atoms. The zero-order chi connectivity index (χ0) is 20.1. The van der Waals surface area contributed by atoms with Crippen molar-refractivity contribution < 1.29 is 27.6 Å². The molecule has 1 aromatic carbocycles. The SMILES string of the molecule is O=C(NN1C(=O)NC2(CCCCC2)C1=O)C1CC1c1ccc(C(F)(F)F)cc1. The van der Waals surface area contributed by atoms with Gasteiger partial charge in [0.1, 0.15) is 5.54 Å². The summed E-state index contributed by atoms with van der Waals surface area (Å²) in [6, 6.07) is 4.09. The Morgan fingerprint density at radius 3 is 2.36 bits per heavy atom. The second-order valence-electron chi connectivity index (χ2n) is 7.76. The topological polar surface area (TPSA) is 78.5 Å². The number of amides is 4. The number of carbonyl (C=O) groups is 3. The van der Waals surface area contributed by atoms with E-state index in [0.29, 0.717) is 24.8 Å². The molecule has 2 unspecified atom stereocenters. The van der Waals surface area contributed by atoms with Crippen molar-refractivity contribution in [3.05, 3.63) is 35.4 Å². The fraction of sp³-hybridized carbons (Fsp3) is 0.526. The number of imide groups is 1. The van der Waals surface area contributed by atoms with E-state index in [2.05, 4.69) is 10.7 Å². The van der Waals surface area contributed by atoms with Crippen molar-refractivity contribution in [2.75, 3.05) is 0 Å². The number of halogens is 3. The monoisotopic (exact) mass is 395 g/mol. The summed E-state index contributed by atoms with van der Waals surface area (Å²) in [5.74, 6) is -1.59. The standard InChI is InChI=1S/C19H20F3N3O3/c20-19(21,22)12-6-4-11(5-7-12)13-10-14(13)15(26)24-25-16(27)18(23-17(25)28)8-2-1-3-9-18/h4-7,13-14H,1-3,8-10H2,(H,23,28)(H,24,26). The molecule has 6 nitrogen and oxygen atoms in total. The minimum Gasteiger partial charge on any atom is -0.322 e. The summed E-state index contributed by atoms with van der Waals surface area (Å²) >= 11 is 0. The van der Waals surface area contributed by atoms with Gasteiger partial charge in [-0.15, -0.1) is 0 Å².